The molecular formula is C14H19BrN2O3S. The van der Waals surface area contributed by atoms with E-state index in [0.717, 1.165) is 4.47 Å². The lowest BCUT2D eigenvalue weighted by molar-refractivity contribution is -0.137. The van der Waals surface area contributed by atoms with Crippen molar-refractivity contribution in [2.45, 2.75) is 24.9 Å². The predicted octanol–water partition coefficient (Wildman–Crippen LogP) is 1.27. The number of halogens is 1. The molecule has 2 atom stereocenters. The Bertz CT molecular complexity index is 641. The van der Waals surface area contributed by atoms with Gasteiger partial charge in [-0.2, -0.15) is 0 Å². The summed E-state index contributed by atoms with van der Waals surface area (Å²) >= 11 is 3.34. The van der Waals surface area contributed by atoms with Gasteiger partial charge in [0.25, 0.3) is 0 Å². The number of amides is 1. The number of rotatable bonds is 3. The minimum absolute atomic E-state index is 0.0195. The number of carbonyl (C=O) groups is 1. The molecule has 7 heteroatoms. The van der Waals surface area contributed by atoms with Gasteiger partial charge < -0.3 is 10.6 Å². The summed E-state index contributed by atoms with van der Waals surface area (Å²) in [5, 5.41) is 0. The normalized spacial score (nSPS) is 23.5. The average Bonchev–Trinajstić information content (AvgIpc) is 2.78. The molecule has 1 aromatic carbocycles. The van der Waals surface area contributed by atoms with Crippen LogP contribution in [0.4, 0.5) is 0 Å². The molecular weight excluding hydrogens is 356 g/mol. The van der Waals surface area contributed by atoms with Crippen molar-refractivity contribution in [2.75, 3.05) is 18.6 Å². The fourth-order valence-corrected chi connectivity index (χ4v) is 4.57. The van der Waals surface area contributed by atoms with Gasteiger partial charge in [-0.25, -0.2) is 8.42 Å². The third-order valence-electron chi connectivity index (χ3n) is 3.96. The number of sulfone groups is 1. The predicted molar refractivity (Wildman–Crippen MR) is 85.5 cm³/mol. The van der Waals surface area contributed by atoms with Gasteiger partial charge in [0.05, 0.1) is 11.5 Å². The molecule has 1 saturated heterocycles. The molecule has 0 aliphatic carbocycles. The number of benzene rings is 1. The van der Waals surface area contributed by atoms with E-state index >= 15 is 0 Å². The molecule has 1 heterocycles. The molecule has 2 rings (SSSR count). The molecule has 0 saturated carbocycles. The van der Waals surface area contributed by atoms with Gasteiger partial charge in [-0.3, -0.25) is 4.79 Å². The standard InChI is InChI=1S/C14H19BrN2O3S/c1-14(16,10-3-5-11(15)6-4-10)13(18)17(2)12-7-8-21(19,20)9-12/h3-6,12H,7-9,16H2,1-2H3. The molecule has 2 unspecified atom stereocenters. The molecule has 5 nitrogen and oxygen atoms in total. The van der Waals surface area contributed by atoms with E-state index in [0.29, 0.717) is 12.0 Å². The Morgan fingerprint density at radius 1 is 1.38 bits per heavy atom. The highest BCUT2D eigenvalue weighted by atomic mass is 79.9. The zero-order chi connectivity index (χ0) is 15.8. The number of nitrogens with zero attached hydrogens (tertiary/aromatic N) is 1. The second kappa shape index (κ2) is 5.70. The summed E-state index contributed by atoms with van der Waals surface area (Å²) in [6.07, 6.45) is 0.473. The molecule has 116 valence electrons. The van der Waals surface area contributed by atoms with Gasteiger partial charge in [0, 0.05) is 17.6 Å². The summed E-state index contributed by atoms with van der Waals surface area (Å²) in [7, 11) is -1.41. The van der Waals surface area contributed by atoms with Crippen LogP contribution in [0.15, 0.2) is 28.7 Å². The highest BCUT2D eigenvalue weighted by Gasteiger charge is 2.39. The van der Waals surface area contributed by atoms with Crippen LogP contribution in [0.3, 0.4) is 0 Å². The van der Waals surface area contributed by atoms with E-state index < -0.39 is 15.4 Å². The van der Waals surface area contributed by atoms with Crippen molar-refractivity contribution in [1.29, 1.82) is 0 Å². The first-order chi connectivity index (χ1) is 9.63. The van der Waals surface area contributed by atoms with Crippen LogP contribution in [0.5, 0.6) is 0 Å². The third kappa shape index (κ3) is 3.46. The molecule has 0 bridgehead atoms. The maximum Gasteiger partial charge on any atom is 0.246 e. The van der Waals surface area contributed by atoms with Crippen LogP contribution < -0.4 is 5.73 Å². The molecule has 1 fully saturated rings. The van der Waals surface area contributed by atoms with Crippen LogP contribution in [-0.4, -0.2) is 43.8 Å². The summed E-state index contributed by atoms with van der Waals surface area (Å²) in [6.45, 7) is 1.65. The SMILES string of the molecule is CN(C(=O)C(C)(N)c1ccc(Br)cc1)C1CCS(=O)(=O)C1. The van der Waals surface area contributed by atoms with E-state index in [2.05, 4.69) is 15.9 Å². The molecule has 1 amide bonds. The third-order valence-corrected chi connectivity index (χ3v) is 6.24. The van der Waals surface area contributed by atoms with Gasteiger partial charge in [0.15, 0.2) is 9.84 Å². The van der Waals surface area contributed by atoms with Crippen molar-refractivity contribution in [1.82, 2.24) is 4.90 Å². The molecule has 2 N–H and O–H groups in total. The van der Waals surface area contributed by atoms with Gasteiger partial charge in [-0.1, -0.05) is 28.1 Å². The zero-order valence-corrected chi connectivity index (χ0v) is 14.4. The fraction of sp³-hybridized carbons (Fsp3) is 0.500. The second-order valence-corrected chi connectivity index (χ2v) is 8.83. The minimum Gasteiger partial charge on any atom is -0.340 e. The number of nitrogens with two attached hydrogens (primary N) is 1. The van der Waals surface area contributed by atoms with Crippen molar-refractivity contribution in [3.05, 3.63) is 34.3 Å². The summed E-state index contributed by atoms with van der Waals surface area (Å²) in [5.41, 5.74) is 5.73. The summed E-state index contributed by atoms with van der Waals surface area (Å²) in [6, 6.07) is 6.95. The number of hydrogen-bond acceptors (Lipinski definition) is 4. The molecule has 0 radical (unpaired) electrons. The highest BCUT2D eigenvalue weighted by molar-refractivity contribution is 9.10. The highest BCUT2D eigenvalue weighted by Crippen LogP contribution is 2.25. The van der Waals surface area contributed by atoms with E-state index in [1.165, 1.54) is 4.90 Å². The molecule has 1 aromatic rings. The van der Waals surface area contributed by atoms with Crippen LogP contribution in [0.1, 0.15) is 18.9 Å². The monoisotopic (exact) mass is 374 g/mol. The van der Waals surface area contributed by atoms with Crippen LogP contribution in [-0.2, 0) is 20.2 Å². The summed E-state index contributed by atoms with van der Waals surface area (Å²) in [5.74, 6) is -0.118. The lowest BCUT2D eigenvalue weighted by atomic mass is 9.91. The van der Waals surface area contributed by atoms with E-state index in [4.69, 9.17) is 5.73 Å². The first-order valence-electron chi connectivity index (χ1n) is 6.66. The van der Waals surface area contributed by atoms with Crippen LogP contribution in [0.2, 0.25) is 0 Å². The maximum atomic E-state index is 12.6. The van der Waals surface area contributed by atoms with Crippen molar-refractivity contribution >= 4 is 31.7 Å². The Labute approximate surface area is 133 Å². The van der Waals surface area contributed by atoms with Gasteiger partial charge in [-0.15, -0.1) is 0 Å². The van der Waals surface area contributed by atoms with Crippen LogP contribution in [0, 0.1) is 0 Å². The first kappa shape index (κ1) is 16.5. The van der Waals surface area contributed by atoms with E-state index in [1.54, 1.807) is 26.1 Å². The van der Waals surface area contributed by atoms with Gasteiger partial charge >= 0.3 is 0 Å². The molecule has 1 aliphatic rings. The van der Waals surface area contributed by atoms with Gasteiger partial charge in [0.1, 0.15) is 5.54 Å². The number of hydrogen-bond donors (Lipinski definition) is 1. The summed E-state index contributed by atoms with van der Waals surface area (Å²) < 4.78 is 24.0. The molecule has 1 aliphatic heterocycles. The molecule has 0 spiro atoms. The number of likely N-dealkylation sites (N-methyl/N-ethyl adjacent to an activating group) is 1. The smallest absolute Gasteiger partial charge is 0.246 e. The van der Waals surface area contributed by atoms with Crippen LogP contribution >= 0.6 is 15.9 Å². The van der Waals surface area contributed by atoms with Crippen LogP contribution in [0.25, 0.3) is 0 Å². The Balaban J connectivity index is 2.20. The number of carbonyl (C=O) groups excluding carboxylic acids is 1. The Morgan fingerprint density at radius 3 is 2.43 bits per heavy atom. The lowest BCUT2D eigenvalue weighted by Crippen LogP contribution is -2.52. The van der Waals surface area contributed by atoms with Gasteiger partial charge in [0.2, 0.25) is 5.91 Å². The minimum atomic E-state index is -3.03. The topological polar surface area (TPSA) is 80.5 Å². The summed E-state index contributed by atoms with van der Waals surface area (Å²) in [4.78, 5) is 14.1. The Kier molecular flexibility index (Phi) is 4.46. The van der Waals surface area contributed by atoms with Crippen molar-refractivity contribution in [2.24, 2.45) is 5.73 Å². The fourth-order valence-electron chi connectivity index (χ4n) is 2.53. The average molecular weight is 375 g/mol. The Hall–Kier alpha value is -0.920. The van der Waals surface area contributed by atoms with Crippen molar-refractivity contribution in [3.63, 3.8) is 0 Å². The Morgan fingerprint density at radius 2 is 1.95 bits per heavy atom. The second-order valence-electron chi connectivity index (χ2n) is 5.68. The zero-order valence-electron chi connectivity index (χ0n) is 12.0. The molecule has 21 heavy (non-hydrogen) atoms. The van der Waals surface area contributed by atoms with E-state index in [-0.39, 0.29) is 23.5 Å². The van der Waals surface area contributed by atoms with E-state index in [9.17, 15) is 13.2 Å². The van der Waals surface area contributed by atoms with Crippen molar-refractivity contribution in [3.8, 4) is 0 Å². The largest absolute Gasteiger partial charge is 0.340 e. The first-order valence-corrected chi connectivity index (χ1v) is 9.27. The van der Waals surface area contributed by atoms with E-state index in [1.807, 2.05) is 12.1 Å². The quantitative estimate of drug-likeness (QED) is 0.863. The molecule has 0 aromatic heterocycles. The maximum absolute atomic E-state index is 12.6. The van der Waals surface area contributed by atoms with Gasteiger partial charge in [-0.05, 0) is 31.0 Å². The lowest BCUT2D eigenvalue weighted by Gasteiger charge is -2.32. The van der Waals surface area contributed by atoms with Crippen molar-refractivity contribution < 1.29 is 13.2 Å².